The maximum Gasteiger partial charge on any atom is 2.00 e. The molecule has 0 N–H and O–H groups in total. The molecule has 2 aromatic rings. The molecule has 80 valence electrons. The van der Waals surface area contributed by atoms with Crippen molar-refractivity contribution in [1.82, 2.24) is 0 Å². The predicted molar refractivity (Wildman–Crippen MR) is 65.7 cm³/mol. The van der Waals surface area contributed by atoms with E-state index in [0.717, 1.165) is 0 Å². The molecule has 0 aliphatic heterocycles. The van der Waals surface area contributed by atoms with Gasteiger partial charge in [0, 0.05) is 0 Å². The van der Waals surface area contributed by atoms with Crippen LogP contribution in [0.25, 0.3) is 0 Å². The third kappa shape index (κ3) is 13.0. The zero-order chi connectivity index (χ0) is 8.49. The standard InChI is InChI=1S/2C6H6.2CH3.Cr/c2*1-2-4-6-5-3-1;;;/h2*1-6H;2*1H3;/q;;2*-1;+2. The van der Waals surface area contributed by atoms with Crippen molar-refractivity contribution in [3.05, 3.63) is 87.6 Å². The molecular weight excluding hydrogens is 220 g/mol. The van der Waals surface area contributed by atoms with Crippen LogP contribution in [0.1, 0.15) is 0 Å². The largest absolute Gasteiger partial charge is 2.00 e. The molecule has 0 bridgehead atoms. The van der Waals surface area contributed by atoms with E-state index in [1.165, 1.54) is 0 Å². The van der Waals surface area contributed by atoms with Crippen LogP contribution >= 0.6 is 0 Å². The molecule has 0 aliphatic carbocycles. The SMILES string of the molecule is [CH3-].[CH3-].[Cr+2].c1ccccc1.c1ccccc1. The van der Waals surface area contributed by atoms with Gasteiger partial charge in [-0.25, -0.2) is 0 Å². The Labute approximate surface area is 105 Å². The minimum atomic E-state index is 0. The van der Waals surface area contributed by atoms with E-state index < -0.39 is 0 Å². The second-order valence-corrected chi connectivity index (χ2v) is 2.31. The van der Waals surface area contributed by atoms with E-state index in [-0.39, 0.29) is 32.2 Å². The van der Waals surface area contributed by atoms with Crippen molar-refractivity contribution in [3.63, 3.8) is 0 Å². The molecule has 1 heteroatoms. The Balaban J connectivity index is -0.000000160. The van der Waals surface area contributed by atoms with Crippen LogP contribution in [0.15, 0.2) is 72.8 Å². The number of rotatable bonds is 0. The maximum absolute atomic E-state index is 2.00. The van der Waals surface area contributed by atoms with Gasteiger partial charge < -0.3 is 14.9 Å². The van der Waals surface area contributed by atoms with Gasteiger partial charge in [0.15, 0.2) is 0 Å². The minimum absolute atomic E-state index is 0. The van der Waals surface area contributed by atoms with Crippen molar-refractivity contribution >= 4 is 0 Å². The molecule has 0 unspecified atom stereocenters. The molecule has 0 atom stereocenters. The van der Waals surface area contributed by atoms with Gasteiger partial charge in [-0.3, -0.25) is 0 Å². The van der Waals surface area contributed by atoms with Crippen molar-refractivity contribution in [1.29, 1.82) is 0 Å². The third-order valence-electron chi connectivity index (χ3n) is 1.33. The fourth-order valence-corrected chi connectivity index (χ4v) is 0.770. The van der Waals surface area contributed by atoms with Gasteiger partial charge in [-0.1, -0.05) is 72.8 Å². The topological polar surface area (TPSA) is 0 Å². The predicted octanol–water partition coefficient (Wildman–Crippen LogP) is 4.27. The molecule has 0 amide bonds. The normalized spacial score (nSPS) is 6.40. The molecule has 0 saturated heterocycles. The van der Waals surface area contributed by atoms with E-state index in [9.17, 15) is 0 Å². The van der Waals surface area contributed by atoms with Crippen molar-refractivity contribution in [2.75, 3.05) is 0 Å². The Hall–Kier alpha value is -1.03. The van der Waals surface area contributed by atoms with Gasteiger partial charge >= 0.3 is 17.4 Å². The van der Waals surface area contributed by atoms with Gasteiger partial charge in [0.1, 0.15) is 0 Å². The van der Waals surface area contributed by atoms with Crippen LogP contribution in [0, 0.1) is 14.9 Å². The smallest absolute Gasteiger partial charge is 0.358 e. The van der Waals surface area contributed by atoms with E-state index in [4.69, 9.17) is 0 Å². The van der Waals surface area contributed by atoms with E-state index in [2.05, 4.69) is 0 Å². The van der Waals surface area contributed by atoms with Crippen LogP contribution in [-0.4, -0.2) is 0 Å². The summed E-state index contributed by atoms with van der Waals surface area (Å²) in [5, 5.41) is 0. The second kappa shape index (κ2) is 15.4. The van der Waals surface area contributed by atoms with E-state index >= 15 is 0 Å². The van der Waals surface area contributed by atoms with Gasteiger partial charge in [0.05, 0.1) is 0 Å². The summed E-state index contributed by atoms with van der Waals surface area (Å²) in [6.45, 7) is 0. The summed E-state index contributed by atoms with van der Waals surface area (Å²) in [6.07, 6.45) is 0. The quantitative estimate of drug-likeness (QED) is 0.601. The Morgan fingerprint density at radius 3 is 0.400 bits per heavy atom. The van der Waals surface area contributed by atoms with Crippen molar-refractivity contribution in [2.24, 2.45) is 0 Å². The van der Waals surface area contributed by atoms with Crippen molar-refractivity contribution < 1.29 is 17.4 Å². The average molecular weight is 238 g/mol. The van der Waals surface area contributed by atoms with Gasteiger partial charge in [-0.05, 0) is 0 Å². The van der Waals surface area contributed by atoms with E-state index in [0.29, 0.717) is 0 Å². The molecule has 2 aromatic carbocycles. The molecule has 2 rings (SSSR count). The fraction of sp³-hybridized carbons (Fsp3) is 0. The second-order valence-electron chi connectivity index (χ2n) is 2.31. The molecule has 0 spiro atoms. The minimum Gasteiger partial charge on any atom is -0.358 e. The molecule has 0 fully saturated rings. The van der Waals surface area contributed by atoms with E-state index in [1.807, 2.05) is 72.8 Å². The third-order valence-corrected chi connectivity index (χ3v) is 1.33. The molecule has 15 heavy (non-hydrogen) atoms. The number of hydrogen-bond acceptors (Lipinski definition) is 0. The Kier molecular flexibility index (Phi) is 20.1. The summed E-state index contributed by atoms with van der Waals surface area (Å²) < 4.78 is 0. The molecule has 0 radical (unpaired) electrons. The van der Waals surface area contributed by atoms with E-state index in [1.54, 1.807) is 0 Å². The van der Waals surface area contributed by atoms with Gasteiger partial charge in [0.25, 0.3) is 0 Å². The zero-order valence-corrected chi connectivity index (χ0v) is 10.6. The first-order chi connectivity index (χ1) is 6.00. The average Bonchev–Trinajstić information content (AvgIpc) is 2.24. The number of hydrogen-bond donors (Lipinski definition) is 0. The summed E-state index contributed by atoms with van der Waals surface area (Å²) in [7, 11) is 0. The summed E-state index contributed by atoms with van der Waals surface area (Å²) in [4.78, 5) is 0. The van der Waals surface area contributed by atoms with Gasteiger partial charge in [-0.15, -0.1) is 0 Å². The van der Waals surface area contributed by atoms with Crippen LogP contribution < -0.4 is 0 Å². The Morgan fingerprint density at radius 2 is 0.333 bits per heavy atom. The van der Waals surface area contributed by atoms with Gasteiger partial charge in [-0.2, -0.15) is 0 Å². The first kappa shape index (κ1) is 19.5. The Bertz CT molecular complexity index is 181. The molecule has 0 nitrogen and oxygen atoms in total. The zero-order valence-electron chi connectivity index (χ0n) is 9.34. The summed E-state index contributed by atoms with van der Waals surface area (Å²) in [5.41, 5.74) is 0. The van der Waals surface area contributed by atoms with Crippen LogP contribution in [0.5, 0.6) is 0 Å². The van der Waals surface area contributed by atoms with Crippen LogP contribution in [-0.2, 0) is 17.4 Å². The molecular formula is C14H18Cr. The Morgan fingerprint density at radius 1 is 0.267 bits per heavy atom. The molecule has 0 aromatic heterocycles. The fourth-order valence-electron chi connectivity index (χ4n) is 0.770. The van der Waals surface area contributed by atoms with Crippen molar-refractivity contribution in [3.8, 4) is 0 Å². The molecule has 0 heterocycles. The molecule has 0 saturated carbocycles. The van der Waals surface area contributed by atoms with Crippen LogP contribution in [0.4, 0.5) is 0 Å². The first-order valence-electron chi connectivity index (χ1n) is 4.00. The van der Waals surface area contributed by atoms with Crippen LogP contribution in [0.2, 0.25) is 0 Å². The van der Waals surface area contributed by atoms with Crippen molar-refractivity contribution in [2.45, 2.75) is 0 Å². The summed E-state index contributed by atoms with van der Waals surface area (Å²) in [6, 6.07) is 24.0. The maximum atomic E-state index is 2.00. The van der Waals surface area contributed by atoms with Crippen LogP contribution in [0.3, 0.4) is 0 Å². The monoisotopic (exact) mass is 238 g/mol. The summed E-state index contributed by atoms with van der Waals surface area (Å²) in [5.74, 6) is 0. The number of benzene rings is 2. The first-order valence-corrected chi connectivity index (χ1v) is 4.00. The molecule has 0 aliphatic rings. The summed E-state index contributed by atoms with van der Waals surface area (Å²) >= 11 is 0. The van der Waals surface area contributed by atoms with Gasteiger partial charge in [0.2, 0.25) is 0 Å².